The van der Waals surface area contributed by atoms with Crippen LogP contribution in [-0.4, -0.2) is 94.6 Å². The van der Waals surface area contributed by atoms with Crippen molar-refractivity contribution in [1.29, 1.82) is 0 Å². The van der Waals surface area contributed by atoms with Gasteiger partial charge in [0.05, 0.1) is 11.4 Å². The van der Waals surface area contributed by atoms with Gasteiger partial charge in [-0.25, -0.2) is 8.42 Å². The van der Waals surface area contributed by atoms with Gasteiger partial charge in [-0.1, -0.05) is 53.9 Å². The Hall–Kier alpha value is -2.22. The molecule has 2 aliphatic heterocycles. The molecule has 2 heterocycles. The van der Waals surface area contributed by atoms with Crippen molar-refractivity contribution in [3.8, 4) is 0 Å². The van der Waals surface area contributed by atoms with Crippen LogP contribution >= 0.6 is 15.9 Å². The predicted molar refractivity (Wildman–Crippen MR) is 189 cm³/mol. The third kappa shape index (κ3) is 8.62. The number of nitrogens with zero attached hydrogens (tertiary/aromatic N) is 5. The van der Waals surface area contributed by atoms with E-state index in [9.17, 15) is 16.8 Å². The van der Waals surface area contributed by atoms with Gasteiger partial charge in [-0.2, -0.15) is 17.0 Å². The fourth-order valence-corrected chi connectivity index (χ4v) is 10.1. The number of rotatable bonds is 7. The van der Waals surface area contributed by atoms with Gasteiger partial charge < -0.3 is 4.90 Å². The summed E-state index contributed by atoms with van der Waals surface area (Å²) in [5, 5.41) is 0. The smallest absolute Gasteiger partial charge is 0.304 e. The van der Waals surface area contributed by atoms with E-state index in [4.69, 9.17) is 0 Å². The third-order valence-electron chi connectivity index (χ3n) is 9.30. The molecule has 46 heavy (non-hydrogen) atoms. The normalized spacial score (nSPS) is 21.3. The van der Waals surface area contributed by atoms with E-state index in [1.165, 1.54) is 45.0 Å². The van der Waals surface area contributed by atoms with Gasteiger partial charge in [0.2, 0.25) is 10.0 Å². The summed E-state index contributed by atoms with van der Waals surface area (Å²) in [6.45, 7) is 7.48. The Bertz CT molecular complexity index is 1610. The molecule has 1 saturated carbocycles. The number of anilines is 1. The number of fused-ring (bicyclic) bond motifs is 1. The van der Waals surface area contributed by atoms with E-state index in [1.54, 1.807) is 30.5 Å². The van der Waals surface area contributed by atoms with Gasteiger partial charge in [0.15, 0.2) is 0 Å². The van der Waals surface area contributed by atoms with Gasteiger partial charge in [0.1, 0.15) is 0 Å². The summed E-state index contributed by atoms with van der Waals surface area (Å²) >= 11 is 3.52. The average Bonchev–Trinajstić information content (AvgIpc) is 3.03. The van der Waals surface area contributed by atoms with Gasteiger partial charge >= 0.3 is 10.2 Å². The second-order valence-electron chi connectivity index (χ2n) is 13.0. The highest BCUT2D eigenvalue weighted by molar-refractivity contribution is 9.10. The number of benzene rings is 2. The maximum atomic E-state index is 14.2. The van der Waals surface area contributed by atoms with Crippen molar-refractivity contribution < 1.29 is 16.8 Å². The Balaban J connectivity index is 1.41. The van der Waals surface area contributed by atoms with Crippen molar-refractivity contribution in [2.24, 2.45) is 5.92 Å². The molecule has 0 atom stereocenters. The summed E-state index contributed by atoms with van der Waals surface area (Å²) in [5.74, 6) is 0.609. The van der Waals surface area contributed by atoms with Gasteiger partial charge in [-0.15, -0.1) is 0 Å². The van der Waals surface area contributed by atoms with E-state index >= 15 is 0 Å². The summed E-state index contributed by atoms with van der Waals surface area (Å²) in [6, 6.07) is 12.9. The lowest BCUT2D eigenvalue weighted by atomic mass is 9.89. The maximum Gasteiger partial charge on any atom is 0.304 e. The van der Waals surface area contributed by atoms with Gasteiger partial charge in [-0.05, 0) is 91.2 Å². The molecule has 12 heteroatoms. The van der Waals surface area contributed by atoms with Crippen molar-refractivity contribution >= 4 is 41.8 Å². The summed E-state index contributed by atoms with van der Waals surface area (Å²) in [7, 11) is -3.92. The van der Waals surface area contributed by atoms with Gasteiger partial charge in [0.25, 0.3) is 0 Å². The minimum atomic E-state index is -3.91. The highest BCUT2D eigenvalue weighted by atomic mass is 79.9. The van der Waals surface area contributed by atoms with Crippen molar-refractivity contribution in [2.45, 2.75) is 56.4 Å². The van der Waals surface area contributed by atoms with Crippen LogP contribution in [0.5, 0.6) is 0 Å². The van der Waals surface area contributed by atoms with E-state index in [0.29, 0.717) is 50.5 Å². The molecule has 252 valence electrons. The predicted octanol–water partition coefficient (Wildman–Crippen LogP) is 5.47. The zero-order valence-corrected chi connectivity index (χ0v) is 30.4. The first-order valence-electron chi connectivity index (χ1n) is 16.3. The topological polar surface area (TPSA) is 84.5 Å². The summed E-state index contributed by atoms with van der Waals surface area (Å²) in [4.78, 5) is 4.51. The minimum Gasteiger partial charge on any atom is -0.378 e. The van der Waals surface area contributed by atoms with Crippen LogP contribution in [0.3, 0.4) is 0 Å². The lowest BCUT2D eigenvalue weighted by Gasteiger charge is -2.34. The third-order valence-corrected chi connectivity index (χ3v) is 13.5. The van der Waals surface area contributed by atoms with E-state index in [0.717, 1.165) is 34.4 Å². The van der Waals surface area contributed by atoms with E-state index < -0.39 is 20.2 Å². The second-order valence-corrected chi connectivity index (χ2v) is 17.8. The number of halogens is 1. The molecule has 1 fully saturated rings. The Morgan fingerprint density at radius 3 is 2.30 bits per heavy atom. The molecule has 0 amide bonds. The van der Waals surface area contributed by atoms with Crippen LogP contribution in [0.15, 0.2) is 76.3 Å². The molecule has 5 rings (SSSR count). The molecule has 2 aromatic rings. The minimum absolute atomic E-state index is 0.00323. The van der Waals surface area contributed by atoms with E-state index in [1.807, 2.05) is 37.2 Å². The Labute approximate surface area is 284 Å². The zero-order valence-electron chi connectivity index (χ0n) is 27.2. The van der Waals surface area contributed by atoms with Crippen LogP contribution in [0, 0.1) is 5.92 Å². The lowest BCUT2D eigenvalue weighted by Crippen LogP contribution is -2.45. The lowest BCUT2D eigenvalue weighted by molar-refractivity contribution is 0.209. The van der Waals surface area contributed by atoms with Crippen LogP contribution in [-0.2, 0) is 33.2 Å². The van der Waals surface area contributed by atoms with Crippen LogP contribution in [0.4, 0.5) is 5.69 Å². The number of hydrogen-bond donors (Lipinski definition) is 0. The molecule has 2 aromatic carbocycles. The molecule has 3 aliphatic rings. The molecule has 0 N–H and O–H groups in total. The molecule has 1 aliphatic carbocycles. The van der Waals surface area contributed by atoms with Crippen molar-refractivity contribution in [2.75, 3.05) is 64.8 Å². The van der Waals surface area contributed by atoms with Crippen molar-refractivity contribution in [3.63, 3.8) is 0 Å². The molecule has 0 saturated heterocycles. The van der Waals surface area contributed by atoms with Gasteiger partial charge in [-0.3, -0.25) is 9.21 Å². The van der Waals surface area contributed by atoms with E-state index in [2.05, 4.69) is 33.5 Å². The molecule has 0 radical (unpaired) electrons. The van der Waals surface area contributed by atoms with Crippen molar-refractivity contribution in [3.05, 3.63) is 82.5 Å². The first kappa shape index (κ1) is 35.1. The quantitative estimate of drug-likeness (QED) is 0.352. The van der Waals surface area contributed by atoms with E-state index in [-0.39, 0.29) is 18.0 Å². The average molecular weight is 735 g/mol. The molecule has 0 unspecified atom stereocenters. The molecule has 9 nitrogen and oxygen atoms in total. The number of sulfonamides is 1. The fraction of sp³-hybridized carbons (Fsp3) is 0.529. The van der Waals surface area contributed by atoms with Crippen LogP contribution in [0.1, 0.15) is 49.7 Å². The molecular weight excluding hydrogens is 686 g/mol. The van der Waals surface area contributed by atoms with Crippen LogP contribution in [0.2, 0.25) is 0 Å². The molecular formula is C34H48BrN5O4S2. The first-order valence-corrected chi connectivity index (χ1v) is 19.9. The standard InChI is InChI=1S/C34H48BrN5O4S2/c1-28-24-38(45(41,42)34-15-13-33(14-16-34)36(2)3)20-7-18-37(26-29-9-5-4-6-10-29)19-8-21-39(25-28)46(43,44)40-22-17-30-23-32(35)12-11-31(30)27-40/h8,11-16,21,23,29H,1,4-7,9-10,17-20,22,24-27H2,2-3H3/b21-8-. The summed E-state index contributed by atoms with van der Waals surface area (Å²) in [5.41, 5.74) is 3.57. The molecule has 0 spiro atoms. The molecule has 0 bridgehead atoms. The first-order chi connectivity index (χ1) is 21.9. The van der Waals surface area contributed by atoms with Crippen LogP contribution in [0.25, 0.3) is 0 Å². The van der Waals surface area contributed by atoms with Crippen LogP contribution < -0.4 is 4.90 Å². The van der Waals surface area contributed by atoms with Gasteiger partial charge in [0, 0.05) is 69.7 Å². The Morgan fingerprint density at radius 1 is 0.848 bits per heavy atom. The maximum absolute atomic E-state index is 14.2. The fourth-order valence-electron chi connectivity index (χ4n) is 6.70. The second kappa shape index (κ2) is 15.3. The zero-order chi connectivity index (χ0) is 32.9. The SMILES string of the molecule is C=C1CN(S(=O)(=O)c2ccc(N(C)C)cc2)CCCN(CC2CCCCC2)C/C=C\N(S(=O)(=O)N2CCc3cc(Br)ccc3C2)C1. The largest absolute Gasteiger partial charge is 0.378 e. The summed E-state index contributed by atoms with van der Waals surface area (Å²) in [6.07, 6.45) is 11.1. The number of hydrogen-bond acceptors (Lipinski definition) is 6. The van der Waals surface area contributed by atoms with Crippen molar-refractivity contribution in [1.82, 2.24) is 17.8 Å². The Kier molecular flexibility index (Phi) is 11.7. The highest BCUT2D eigenvalue weighted by Gasteiger charge is 2.33. The Morgan fingerprint density at radius 2 is 1.59 bits per heavy atom. The molecule has 0 aromatic heterocycles. The monoisotopic (exact) mass is 733 g/mol. The summed E-state index contributed by atoms with van der Waals surface area (Å²) < 4.78 is 61.7. The highest BCUT2D eigenvalue weighted by Crippen LogP contribution is 2.28.